The van der Waals surface area contributed by atoms with Crippen LogP contribution in [0, 0.1) is 0 Å². The Hall–Kier alpha value is -1.07. The Morgan fingerprint density at radius 1 is 1.57 bits per heavy atom. The van der Waals surface area contributed by atoms with Gasteiger partial charge in [0.05, 0.1) is 10.9 Å². The van der Waals surface area contributed by atoms with Crippen molar-refractivity contribution in [2.45, 2.75) is 6.54 Å². The number of thiophene rings is 1. The molecule has 76 valence electrons. The maximum atomic E-state index is 11.0. The monoisotopic (exact) mass is 233 g/mol. The number of rotatable bonds is 2. The van der Waals surface area contributed by atoms with Crippen molar-refractivity contribution < 1.29 is 14.7 Å². The molecule has 0 aliphatic carbocycles. The first-order valence-corrected chi connectivity index (χ1v) is 4.92. The van der Waals surface area contributed by atoms with Gasteiger partial charge in [-0.05, 0) is 12.1 Å². The van der Waals surface area contributed by atoms with Crippen molar-refractivity contribution in [3.8, 4) is 0 Å². The molecule has 0 atom stereocenters. The van der Waals surface area contributed by atoms with Crippen LogP contribution in [0.5, 0.6) is 0 Å². The lowest BCUT2D eigenvalue weighted by Gasteiger charge is -2.12. The van der Waals surface area contributed by atoms with Gasteiger partial charge in [-0.2, -0.15) is 0 Å². The van der Waals surface area contributed by atoms with Crippen molar-refractivity contribution in [1.29, 1.82) is 0 Å². The van der Waals surface area contributed by atoms with E-state index in [4.69, 9.17) is 16.7 Å². The summed E-state index contributed by atoms with van der Waals surface area (Å²) in [7, 11) is 1.43. The summed E-state index contributed by atoms with van der Waals surface area (Å²) < 4.78 is 0.621. The number of likely N-dealkylation sites (N-methyl/N-ethyl adjacent to an activating group) is 1. The third-order valence-electron chi connectivity index (χ3n) is 1.55. The molecule has 0 radical (unpaired) electrons. The van der Waals surface area contributed by atoms with Crippen molar-refractivity contribution in [1.82, 2.24) is 4.90 Å². The summed E-state index contributed by atoms with van der Waals surface area (Å²) in [5, 5.41) is 8.42. The molecule has 6 heteroatoms. The number of nitrogens with zero attached hydrogens (tertiary/aromatic N) is 1. The van der Waals surface area contributed by atoms with Crippen molar-refractivity contribution in [3.05, 3.63) is 21.3 Å². The molecular weight excluding hydrogens is 226 g/mol. The molecule has 0 aliphatic rings. The molecule has 1 rings (SSSR count). The first-order chi connectivity index (χ1) is 6.50. The van der Waals surface area contributed by atoms with Crippen molar-refractivity contribution >= 4 is 34.8 Å². The molecule has 0 saturated carbocycles. The minimum Gasteiger partial charge on any atom is -0.474 e. The Morgan fingerprint density at radius 3 is 2.64 bits per heavy atom. The maximum Gasteiger partial charge on any atom is 0.394 e. The molecule has 0 spiro atoms. The zero-order chi connectivity index (χ0) is 10.7. The fraction of sp³-hybridized carbons (Fsp3) is 0.250. The van der Waals surface area contributed by atoms with Crippen LogP contribution in [0.4, 0.5) is 0 Å². The fourth-order valence-electron chi connectivity index (χ4n) is 0.906. The van der Waals surface area contributed by atoms with Crippen LogP contribution in [0.2, 0.25) is 4.34 Å². The lowest BCUT2D eigenvalue weighted by atomic mass is 10.4. The van der Waals surface area contributed by atoms with Crippen molar-refractivity contribution in [3.63, 3.8) is 0 Å². The van der Waals surface area contributed by atoms with Crippen LogP contribution in [0.1, 0.15) is 4.88 Å². The zero-order valence-electron chi connectivity index (χ0n) is 7.36. The summed E-state index contributed by atoms with van der Waals surface area (Å²) in [4.78, 5) is 23.3. The van der Waals surface area contributed by atoms with Crippen LogP contribution in [0.15, 0.2) is 12.1 Å². The van der Waals surface area contributed by atoms with E-state index in [1.807, 2.05) is 0 Å². The Kier molecular flexibility index (Phi) is 3.49. The van der Waals surface area contributed by atoms with Crippen LogP contribution >= 0.6 is 22.9 Å². The fourth-order valence-corrected chi connectivity index (χ4v) is 2.05. The molecule has 14 heavy (non-hydrogen) atoms. The van der Waals surface area contributed by atoms with Gasteiger partial charge in [0.2, 0.25) is 0 Å². The van der Waals surface area contributed by atoms with Crippen LogP contribution in [0.25, 0.3) is 0 Å². The summed E-state index contributed by atoms with van der Waals surface area (Å²) in [6, 6.07) is 3.47. The number of hydrogen-bond acceptors (Lipinski definition) is 3. The Bertz CT molecular complexity index is 363. The van der Waals surface area contributed by atoms with E-state index < -0.39 is 11.9 Å². The number of carboxylic acids is 1. The van der Waals surface area contributed by atoms with Crippen LogP contribution < -0.4 is 0 Å². The Balaban J connectivity index is 2.61. The van der Waals surface area contributed by atoms with E-state index in [-0.39, 0.29) is 6.54 Å². The minimum atomic E-state index is -1.45. The van der Waals surface area contributed by atoms with E-state index in [0.29, 0.717) is 4.34 Å². The third-order valence-corrected chi connectivity index (χ3v) is 2.77. The van der Waals surface area contributed by atoms with E-state index in [2.05, 4.69) is 0 Å². The molecule has 1 heterocycles. The zero-order valence-corrected chi connectivity index (χ0v) is 8.93. The predicted molar refractivity (Wildman–Crippen MR) is 53.4 cm³/mol. The van der Waals surface area contributed by atoms with E-state index >= 15 is 0 Å². The molecule has 0 unspecified atom stereocenters. The number of carboxylic acid groups (broad SMARTS) is 1. The van der Waals surface area contributed by atoms with Gasteiger partial charge >= 0.3 is 11.9 Å². The molecule has 1 aromatic rings. The molecule has 0 aliphatic heterocycles. The highest BCUT2D eigenvalue weighted by molar-refractivity contribution is 7.16. The third kappa shape index (κ3) is 2.71. The highest BCUT2D eigenvalue weighted by Gasteiger charge is 2.17. The van der Waals surface area contributed by atoms with E-state index in [9.17, 15) is 9.59 Å². The molecule has 1 N–H and O–H groups in total. The average molecular weight is 234 g/mol. The van der Waals surface area contributed by atoms with E-state index in [0.717, 1.165) is 9.78 Å². The van der Waals surface area contributed by atoms with Gasteiger partial charge in [-0.15, -0.1) is 11.3 Å². The van der Waals surface area contributed by atoms with Gasteiger partial charge in [0.25, 0.3) is 0 Å². The average Bonchev–Trinajstić information content (AvgIpc) is 2.49. The van der Waals surface area contributed by atoms with Crippen molar-refractivity contribution in [2.75, 3.05) is 7.05 Å². The number of carbonyl (C=O) groups excluding carboxylic acids is 1. The summed E-state index contributed by atoms with van der Waals surface area (Å²) in [5.41, 5.74) is 0. The number of amides is 1. The van der Waals surface area contributed by atoms with Gasteiger partial charge < -0.3 is 10.0 Å². The molecule has 0 saturated heterocycles. The highest BCUT2D eigenvalue weighted by atomic mass is 35.5. The first kappa shape index (κ1) is 11.0. The molecule has 1 amide bonds. The SMILES string of the molecule is CN(Cc1ccc(Cl)s1)C(=O)C(=O)O. The van der Waals surface area contributed by atoms with Crippen LogP contribution in [0.3, 0.4) is 0 Å². The topological polar surface area (TPSA) is 57.6 Å². The summed E-state index contributed by atoms with van der Waals surface area (Å²) in [6.07, 6.45) is 0. The number of carbonyl (C=O) groups is 2. The van der Waals surface area contributed by atoms with Gasteiger partial charge in [0.15, 0.2) is 0 Å². The van der Waals surface area contributed by atoms with Gasteiger partial charge in [-0.3, -0.25) is 4.79 Å². The van der Waals surface area contributed by atoms with Gasteiger partial charge in [0, 0.05) is 11.9 Å². The Morgan fingerprint density at radius 2 is 2.21 bits per heavy atom. The van der Waals surface area contributed by atoms with E-state index in [1.54, 1.807) is 12.1 Å². The number of aliphatic carboxylic acids is 1. The second kappa shape index (κ2) is 4.43. The summed E-state index contributed by atoms with van der Waals surface area (Å²) in [6.45, 7) is 0.266. The highest BCUT2D eigenvalue weighted by Crippen LogP contribution is 2.22. The number of hydrogen-bond donors (Lipinski definition) is 1. The van der Waals surface area contributed by atoms with Gasteiger partial charge in [-0.25, -0.2) is 4.79 Å². The second-order valence-corrected chi connectivity index (χ2v) is 4.47. The quantitative estimate of drug-likeness (QED) is 0.787. The molecule has 0 fully saturated rings. The molecule has 0 aromatic carbocycles. The second-order valence-electron chi connectivity index (χ2n) is 2.67. The van der Waals surface area contributed by atoms with Gasteiger partial charge in [-0.1, -0.05) is 11.6 Å². The number of halogens is 1. The maximum absolute atomic E-state index is 11.0. The molecule has 1 aromatic heterocycles. The molecular formula is C8H8ClNO3S. The summed E-state index contributed by atoms with van der Waals surface area (Å²) >= 11 is 7.01. The van der Waals surface area contributed by atoms with E-state index in [1.165, 1.54) is 18.4 Å². The van der Waals surface area contributed by atoms with Crippen LogP contribution in [-0.4, -0.2) is 28.9 Å². The lowest BCUT2D eigenvalue weighted by molar-refractivity contribution is -0.155. The van der Waals surface area contributed by atoms with Crippen LogP contribution in [-0.2, 0) is 16.1 Å². The minimum absolute atomic E-state index is 0.266. The molecule has 4 nitrogen and oxygen atoms in total. The standard InChI is InChI=1S/C8H8ClNO3S/c1-10(7(11)8(12)13)4-5-2-3-6(9)14-5/h2-3H,4H2,1H3,(H,12,13). The Labute approximate surface area is 89.7 Å². The van der Waals surface area contributed by atoms with Gasteiger partial charge in [0.1, 0.15) is 0 Å². The summed E-state index contributed by atoms with van der Waals surface area (Å²) in [5.74, 6) is -2.37. The lowest BCUT2D eigenvalue weighted by Crippen LogP contribution is -2.32. The normalized spacial score (nSPS) is 9.86. The van der Waals surface area contributed by atoms with Crippen molar-refractivity contribution in [2.24, 2.45) is 0 Å². The predicted octanol–water partition coefficient (Wildman–Crippen LogP) is 1.44. The first-order valence-electron chi connectivity index (χ1n) is 3.73. The molecule has 0 bridgehead atoms. The largest absolute Gasteiger partial charge is 0.474 e. The smallest absolute Gasteiger partial charge is 0.394 e.